The Morgan fingerprint density at radius 1 is 1.31 bits per heavy atom. The summed E-state index contributed by atoms with van der Waals surface area (Å²) in [5, 5.41) is 0. The molecule has 0 heterocycles. The lowest BCUT2D eigenvalue weighted by molar-refractivity contribution is 0.836. The molecule has 0 amide bonds. The van der Waals surface area contributed by atoms with Crippen LogP contribution in [0.4, 0.5) is 0 Å². The topological polar surface area (TPSA) is 0 Å². The fourth-order valence-electron chi connectivity index (χ4n) is 1.07. The summed E-state index contributed by atoms with van der Waals surface area (Å²) in [7, 11) is 0. The predicted molar refractivity (Wildman–Crippen MR) is 58.2 cm³/mol. The minimum atomic E-state index is 0.561. The van der Waals surface area contributed by atoms with Gasteiger partial charge >= 0.3 is 0 Å². The van der Waals surface area contributed by atoms with Crippen molar-refractivity contribution in [3.63, 3.8) is 0 Å². The van der Waals surface area contributed by atoms with Gasteiger partial charge in [-0.05, 0) is 17.5 Å². The largest absolute Gasteiger partial charge is 0.115 e. The molecular formula is C13H14. The highest BCUT2D eigenvalue weighted by atomic mass is 14.0. The molecular weight excluding hydrogens is 156 g/mol. The molecule has 13 heavy (non-hydrogen) atoms. The van der Waals surface area contributed by atoms with E-state index in [-0.39, 0.29) is 0 Å². The van der Waals surface area contributed by atoms with Gasteiger partial charge in [0.15, 0.2) is 0 Å². The van der Waals surface area contributed by atoms with E-state index in [2.05, 4.69) is 31.9 Å². The summed E-state index contributed by atoms with van der Waals surface area (Å²) in [6, 6.07) is 7.96. The van der Waals surface area contributed by atoms with Gasteiger partial charge < -0.3 is 0 Å². The smallest absolute Gasteiger partial charge is 0.0314 e. The number of rotatable bonds is 2. The molecule has 0 nitrogen and oxygen atoms in total. The highest BCUT2D eigenvalue weighted by Crippen LogP contribution is 2.10. The van der Waals surface area contributed by atoms with Crippen molar-refractivity contribution in [2.24, 2.45) is 5.92 Å². The van der Waals surface area contributed by atoms with Crippen molar-refractivity contribution in [2.45, 2.75) is 13.8 Å². The number of hydrogen-bond donors (Lipinski definition) is 0. The molecule has 0 radical (unpaired) electrons. The van der Waals surface area contributed by atoms with E-state index in [0.717, 1.165) is 11.1 Å². The molecule has 1 aromatic carbocycles. The third-order valence-electron chi connectivity index (χ3n) is 1.78. The molecule has 0 atom stereocenters. The molecule has 0 N–H and O–H groups in total. The first-order valence-electron chi connectivity index (χ1n) is 4.48. The lowest BCUT2D eigenvalue weighted by atomic mass is 10.1. The zero-order valence-corrected chi connectivity index (χ0v) is 8.12. The van der Waals surface area contributed by atoms with E-state index in [1.807, 2.05) is 24.3 Å². The zero-order chi connectivity index (χ0) is 9.68. The van der Waals surface area contributed by atoms with Gasteiger partial charge in [0.25, 0.3) is 0 Å². The van der Waals surface area contributed by atoms with Gasteiger partial charge in [0, 0.05) is 5.56 Å². The summed E-state index contributed by atoms with van der Waals surface area (Å²) in [5.41, 5.74) is 2.08. The number of hydrogen-bond acceptors (Lipinski definition) is 0. The molecule has 0 aliphatic rings. The Bertz CT molecular complexity index is 337. The van der Waals surface area contributed by atoms with E-state index in [1.165, 1.54) is 0 Å². The first-order valence-corrected chi connectivity index (χ1v) is 4.48. The molecule has 0 saturated carbocycles. The van der Waals surface area contributed by atoms with Crippen LogP contribution in [0.25, 0.3) is 6.08 Å². The van der Waals surface area contributed by atoms with Crippen LogP contribution < -0.4 is 0 Å². The summed E-state index contributed by atoms with van der Waals surface area (Å²) in [6.45, 7) is 4.30. The molecule has 0 aromatic heterocycles. The van der Waals surface area contributed by atoms with Crippen molar-refractivity contribution < 1.29 is 0 Å². The van der Waals surface area contributed by atoms with Crippen LogP contribution in [-0.2, 0) is 0 Å². The van der Waals surface area contributed by atoms with Crippen molar-refractivity contribution in [1.29, 1.82) is 0 Å². The molecule has 0 aliphatic heterocycles. The summed E-state index contributed by atoms with van der Waals surface area (Å²) in [4.78, 5) is 0. The molecule has 0 bridgehead atoms. The summed E-state index contributed by atoms with van der Waals surface area (Å²) in [6.07, 6.45) is 9.61. The maximum Gasteiger partial charge on any atom is 0.0314 e. The summed E-state index contributed by atoms with van der Waals surface area (Å²) < 4.78 is 0. The molecule has 66 valence electrons. The molecule has 0 spiro atoms. The maximum atomic E-state index is 5.37. The SMILES string of the molecule is C#Cc1ccccc1/C=C/C(C)C. The molecule has 1 rings (SSSR count). The van der Waals surface area contributed by atoms with E-state index in [1.54, 1.807) is 0 Å². The number of benzene rings is 1. The second-order valence-corrected chi connectivity index (χ2v) is 3.33. The molecule has 0 saturated heterocycles. The Morgan fingerprint density at radius 3 is 2.62 bits per heavy atom. The minimum Gasteiger partial charge on any atom is -0.115 e. The van der Waals surface area contributed by atoms with Crippen LogP contribution in [-0.4, -0.2) is 0 Å². The summed E-state index contributed by atoms with van der Waals surface area (Å²) in [5.74, 6) is 3.23. The van der Waals surface area contributed by atoms with Crippen molar-refractivity contribution in [3.05, 3.63) is 41.5 Å². The van der Waals surface area contributed by atoms with Gasteiger partial charge in [0.05, 0.1) is 0 Å². The quantitative estimate of drug-likeness (QED) is 0.597. The Kier molecular flexibility index (Phi) is 3.34. The average Bonchev–Trinajstić information content (AvgIpc) is 2.15. The standard InChI is InChI=1S/C13H14/c1-4-12-7-5-6-8-13(12)10-9-11(2)3/h1,5-11H,2-3H3/b10-9+. The van der Waals surface area contributed by atoms with Crippen LogP contribution in [0.15, 0.2) is 30.3 Å². The van der Waals surface area contributed by atoms with Crippen molar-refractivity contribution in [3.8, 4) is 12.3 Å². The van der Waals surface area contributed by atoms with Gasteiger partial charge in [0.2, 0.25) is 0 Å². The minimum absolute atomic E-state index is 0.561. The van der Waals surface area contributed by atoms with Crippen LogP contribution in [0.3, 0.4) is 0 Å². The molecule has 0 aliphatic carbocycles. The van der Waals surface area contributed by atoms with Crippen molar-refractivity contribution in [1.82, 2.24) is 0 Å². The monoisotopic (exact) mass is 170 g/mol. The summed E-state index contributed by atoms with van der Waals surface area (Å²) >= 11 is 0. The Hall–Kier alpha value is -1.48. The van der Waals surface area contributed by atoms with E-state index in [0.29, 0.717) is 5.92 Å². The van der Waals surface area contributed by atoms with Gasteiger partial charge in [-0.3, -0.25) is 0 Å². The third kappa shape index (κ3) is 2.80. The van der Waals surface area contributed by atoms with Gasteiger partial charge in [-0.1, -0.05) is 50.1 Å². The van der Waals surface area contributed by atoms with E-state index in [4.69, 9.17) is 6.42 Å². The fraction of sp³-hybridized carbons (Fsp3) is 0.231. The molecule has 0 unspecified atom stereocenters. The van der Waals surface area contributed by atoms with Crippen molar-refractivity contribution >= 4 is 6.08 Å². The Morgan fingerprint density at radius 2 is 2.00 bits per heavy atom. The number of terminal acetylenes is 1. The second-order valence-electron chi connectivity index (χ2n) is 3.33. The van der Waals surface area contributed by atoms with Crippen LogP contribution in [0.1, 0.15) is 25.0 Å². The normalized spacial score (nSPS) is 10.6. The van der Waals surface area contributed by atoms with Crippen LogP contribution in [0.5, 0.6) is 0 Å². The van der Waals surface area contributed by atoms with E-state index >= 15 is 0 Å². The van der Waals surface area contributed by atoms with E-state index in [9.17, 15) is 0 Å². The molecule has 0 heteroatoms. The second kappa shape index (κ2) is 4.52. The van der Waals surface area contributed by atoms with Crippen LogP contribution in [0, 0.1) is 18.3 Å². The predicted octanol–water partition coefficient (Wildman–Crippen LogP) is 3.34. The first-order chi connectivity index (χ1) is 6.24. The van der Waals surface area contributed by atoms with Crippen molar-refractivity contribution in [2.75, 3.05) is 0 Å². The number of allylic oxidation sites excluding steroid dienone is 1. The molecule has 0 fully saturated rings. The van der Waals surface area contributed by atoms with Gasteiger partial charge in [-0.2, -0.15) is 0 Å². The lowest BCUT2D eigenvalue weighted by Gasteiger charge is -1.98. The lowest BCUT2D eigenvalue weighted by Crippen LogP contribution is -1.82. The van der Waals surface area contributed by atoms with Gasteiger partial charge in [-0.15, -0.1) is 6.42 Å². The zero-order valence-electron chi connectivity index (χ0n) is 8.12. The highest BCUT2D eigenvalue weighted by molar-refractivity contribution is 5.58. The van der Waals surface area contributed by atoms with E-state index < -0.39 is 0 Å². The fourth-order valence-corrected chi connectivity index (χ4v) is 1.07. The molecule has 1 aromatic rings. The Labute approximate surface area is 80.3 Å². The van der Waals surface area contributed by atoms with Gasteiger partial charge in [-0.25, -0.2) is 0 Å². The maximum absolute atomic E-state index is 5.37. The first kappa shape index (κ1) is 9.61. The van der Waals surface area contributed by atoms with Gasteiger partial charge in [0.1, 0.15) is 0 Å². The Balaban J connectivity index is 2.95. The van der Waals surface area contributed by atoms with Crippen LogP contribution in [0.2, 0.25) is 0 Å². The highest BCUT2D eigenvalue weighted by Gasteiger charge is 1.93. The van der Waals surface area contributed by atoms with Crippen LogP contribution >= 0.6 is 0 Å². The average molecular weight is 170 g/mol. The third-order valence-corrected chi connectivity index (χ3v) is 1.78.